The van der Waals surface area contributed by atoms with Crippen molar-refractivity contribution in [3.8, 4) is 39.6 Å². The van der Waals surface area contributed by atoms with Crippen molar-refractivity contribution in [2.24, 2.45) is 7.05 Å². The second-order valence-electron chi connectivity index (χ2n) is 18.2. The summed E-state index contributed by atoms with van der Waals surface area (Å²) in [7, 11) is 1.58. The molecular weight excluding hydrogens is 838 g/mol. The molecule has 0 aliphatic carbocycles. The molecule has 0 fully saturated rings. The van der Waals surface area contributed by atoms with Crippen molar-refractivity contribution in [2.45, 2.75) is 98.2 Å². The van der Waals surface area contributed by atoms with Gasteiger partial charge in [0.15, 0.2) is 5.69 Å². The number of rotatable bonds is 10. The van der Waals surface area contributed by atoms with Gasteiger partial charge in [0.25, 0.3) is 0 Å². The molecule has 15 heteroatoms. The van der Waals surface area contributed by atoms with Gasteiger partial charge in [-0.1, -0.05) is 27.7 Å². The second-order valence-corrected chi connectivity index (χ2v) is 18.2. The quantitative estimate of drug-likeness (QED) is 0.134. The van der Waals surface area contributed by atoms with E-state index in [1.165, 1.54) is 10.3 Å². The Kier molecular flexibility index (Phi) is 10.9. The first-order valence-corrected chi connectivity index (χ1v) is 22.6. The maximum absolute atomic E-state index is 13.5. The highest BCUT2D eigenvalue weighted by molar-refractivity contribution is 5.69. The van der Waals surface area contributed by atoms with Crippen molar-refractivity contribution in [1.82, 2.24) is 48.4 Å². The summed E-state index contributed by atoms with van der Waals surface area (Å²) in [5.74, 6) is 2.53. The SMILES string of the molecule is Cc1nc(-c2ccc(Cc3nc(-c4cccnc4C(C)C)c4n3C[C@@H](C)N(c3ccc(-c5nc(C(F)(F)F)cn5C)cc3)C4)nc2C(C)C)c2n1CCN(c1ccc(-n3cccn3)cc1)C2. The van der Waals surface area contributed by atoms with Gasteiger partial charge in [-0.3, -0.25) is 9.97 Å². The standard InChI is InChI=1S/C51H53F3N12/c1-31(2)46-40(10-8-21-55-46)49-43-29-64(38-14-11-35(12-15-38)50-59-44(30-61(50)7)51(52,53)54)33(5)27-65(43)45(60-49)26-36-13-20-41(47(58-36)32(3)4)48-42-28-62(24-25-63(42)34(6)57-48)37-16-18-39(19-17-37)66-23-9-22-56-66/h8-23,30-33H,24-29H2,1-7H3/t33-/m1/s1. The van der Waals surface area contributed by atoms with Crippen LogP contribution in [0, 0.1) is 6.92 Å². The lowest BCUT2D eigenvalue weighted by atomic mass is 9.98. The molecule has 0 radical (unpaired) electrons. The fourth-order valence-electron chi connectivity index (χ4n) is 9.68. The number of imidazole rings is 3. The van der Waals surface area contributed by atoms with Gasteiger partial charge in [0.1, 0.15) is 17.5 Å². The minimum atomic E-state index is -4.52. The number of nitrogens with zero attached hydrogens (tertiary/aromatic N) is 12. The van der Waals surface area contributed by atoms with Crippen LogP contribution in [0.4, 0.5) is 24.5 Å². The van der Waals surface area contributed by atoms with Crippen molar-refractivity contribution in [1.29, 1.82) is 0 Å². The summed E-state index contributed by atoms with van der Waals surface area (Å²) in [6, 6.07) is 26.7. The number of aryl methyl sites for hydroxylation is 2. The largest absolute Gasteiger partial charge is 0.434 e. The molecule has 2 aromatic carbocycles. The normalized spacial score (nSPS) is 15.2. The zero-order valence-electron chi connectivity index (χ0n) is 38.3. The van der Waals surface area contributed by atoms with Crippen molar-refractivity contribution >= 4 is 11.4 Å². The number of alkyl halides is 3. The number of benzene rings is 2. The molecule has 10 rings (SSSR count). The predicted molar refractivity (Wildman–Crippen MR) is 251 cm³/mol. The number of hydrogen-bond acceptors (Lipinski definition) is 8. The first kappa shape index (κ1) is 42.9. The Morgan fingerprint density at radius 2 is 1.41 bits per heavy atom. The van der Waals surface area contributed by atoms with Crippen LogP contribution in [-0.2, 0) is 45.8 Å². The molecule has 1 atom stereocenters. The van der Waals surface area contributed by atoms with Gasteiger partial charge in [0, 0.05) is 97.7 Å². The Bertz CT molecular complexity index is 3030. The molecular formula is C51H53F3N12. The topological polar surface area (TPSA) is 104 Å². The van der Waals surface area contributed by atoms with Crippen molar-refractivity contribution in [3.63, 3.8) is 0 Å². The molecule has 0 saturated heterocycles. The van der Waals surface area contributed by atoms with Crippen LogP contribution in [0.2, 0.25) is 0 Å². The lowest BCUT2D eigenvalue weighted by Crippen LogP contribution is -2.41. The molecule has 8 heterocycles. The first-order valence-electron chi connectivity index (χ1n) is 22.6. The Morgan fingerprint density at radius 3 is 2.11 bits per heavy atom. The fourth-order valence-corrected chi connectivity index (χ4v) is 9.68. The third kappa shape index (κ3) is 7.83. The van der Waals surface area contributed by atoms with Gasteiger partial charge in [-0.05, 0) is 105 Å². The Labute approximate surface area is 382 Å². The second kappa shape index (κ2) is 16.8. The zero-order chi connectivity index (χ0) is 46.0. The van der Waals surface area contributed by atoms with Crippen molar-refractivity contribution in [2.75, 3.05) is 16.3 Å². The molecule has 0 spiro atoms. The van der Waals surface area contributed by atoms with Crippen molar-refractivity contribution in [3.05, 3.63) is 149 Å². The molecule has 8 aromatic rings. The fraction of sp³-hybridized carbons (Fsp3) is 0.333. The number of fused-ring (bicyclic) bond motifs is 2. The molecule has 0 amide bonds. The summed E-state index contributed by atoms with van der Waals surface area (Å²) in [5.41, 5.74) is 12.0. The minimum Gasteiger partial charge on any atom is -0.364 e. The van der Waals surface area contributed by atoms with E-state index in [0.717, 1.165) is 99.8 Å². The molecule has 0 saturated carbocycles. The van der Waals surface area contributed by atoms with Crippen LogP contribution in [0.25, 0.3) is 39.6 Å². The van der Waals surface area contributed by atoms with Crippen LogP contribution >= 0.6 is 0 Å². The Balaban J connectivity index is 0.966. The summed E-state index contributed by atoms with van der Waals surface area (Å²) in [5, 5.41) is 4.39. The van der Waals surface area contributed by atoms with E-state index in [-0.39, 0.29) is 23.7 Å². The third-order valence-electron chi connectivity index (χ3n) is 13.0. The van der Waals surface area contributed by atoms with E-state index in [2.05, 4.69) is 113 Å². The molecule has 0 unspecified atom stereocenters. The van der Waals surface area contributed by atoms with Gasteiger partial charge >= 0.3 is 6.18 Å². The third-order valence-corrected chi connectivity index (χ3v) is 13.0. The average molecular weight is 891 g/mol. The molecule has 0 bridgehead atoms. The maximum Gasteiger partial charge on any atom is 0.434 e. The highest BCUT2D eigenvalue weighted by Crippen LogP contribution is 2.39. The summed E-state index contributed by atoms with van der Waals surface area (Å²) in [6.07, 6.45) is 2.63. The highest BCUT2D eigenvalue weighted by atomic mass is 19.4. The van der Waals surface area contributed by atoms with Gasteiger partial charge in [-0.15, -0.1) is 0 Å². The Morgan fingerprint density at radius 1 is 0.712 bits per heavy atom. The van der Waals surface area contributed by atoms with Gasteiger partial charge in [-0.2, -0.15) is 18.3 Å². The van der Waals surface area contributed by atoms with Crippen LogP contribution in [0.15, 0.2) is 104 Å². The lowest BCUT2D eigenvalue weighted by Gasteiger charge is -2.37. The summed E-state index contributed by atoms with van der Waals surface area (Å²) < 4.78 is 48.5. The smallest absolute Gasteiger partial charge is 0.364 e. The lowest BCUT2D eigenvalue weighted by molar-refractivity contribution is -0.140. The van der Waals surface area contributed by atoms with E-state index in [9.17, 15) is 13.2 Å². The van der Waals surface area contributed by atoms with Gasteiger partial charge in [0.05, 0.1) is 52.9 Å². The van der Waals surface area contributed by atoms with Crippen LogP contribution in [0.3, 0.4) is 0 Å². The molecule has 338 valence electrons. The van der Waals surface area contributed by atoms with E-state index in [0.29, 0.717) is 25.1 Å². The van der Waals surface area contributed by atoms with E-state index >= 15 is 0 Å². The summed E-state index contributed by atoms with van der Waals surface area (Å²) in [6.45, 7) is 16.7. The van der Waals surface area contributed by atoms with Gasteiger partial charge < -0.3 is 23.5 Å². The maximum atomic E-state index is 13.5. The van der Waals surface area contributed by atoms with Gasteiger partial charge in [0.2, 0.25) is 0 Å². The average Bonchev–Trinajstić information content (AvgIpc) is 4.13. The molecule has 0 N–H and O–H groups in total. The molecule has 2 aliphatic rings. The summed E-state index contributed by atoms with van der Waals surface area (Å²) in [4.78, 5) is 29.6. The first-order chi connectivity index (χ1) is 31.7. The number of pyridine rings is 2. The molecule has 12 nitrogen and oxygen atoms in total. The number of aromatic nitrogens is 10. The van der Waals surface area contributed by atoms with E-state index in [4.69, 9.17) is 19.9 Å². The Hall–Kier alpha value is -7.03. The van der Waals surface area contributed by atoms with Crippen LogP contribution in [0.1, 0.15) is 92.3 Å². The van der Waals surface area contributed by atoms with E-state index < -0.39 is 11.9 Å². The highest BCUT2D eigenvalue weighted by Gasteiger charge is 2.35. The molecule has 6 aromatic heterocycles. The van der Waals surface area contributed by atoms with Crippen LogP contribution in [0.5, 0.6) is 0 Å². The monoisotopic (exact) mass is 890 g/mol. The van der Waals surface area contributed by atoms with Gasteiger partial charge in [-0.25, -0.2) is 19.6 Å². The zero-order valence-corrected chi connectivity index (χ0v) is 38.3. The summed E-state index contributed by atoms with van der Waals surface area (Å²) >= 11 is 0. The molecule has 2 aliphatic heterocycles. The number of anilines is 2. The minimum absolute atomic E-state index is 0.0818. The predicted octanol–water partition coefficient (Wildman–Crippen LogP) is 10.4. The van der Waals surface area contributed by atoms with Crippen LogP contribution < -0.4 is 9.80 Å². The van der Waals surface area contributed by atoms with Crippen LogP contribution in [-0.4, -0.2) is 61.0 Å². The number of halogens is 3. The number of hydrogen-bond donors (Lipinski definition) is 0. The van der Waals surface area contributed by atoms with Crippen molar-refractivity contribution < 1.29 is 13.2 Å². The van der Waals surface area contributed by atoms with E-state index in [1.807, 2.05) is 53.5 Å². The molecule has 66 heavy (non-hydrogen) atoms. The van der Waals surface area contributed by atoms with E-state index in [1.54, 1.807) is 13.2 Å².